The highest BCUT2D eigenvalue weighted by molar-refractivity contribution is 9.10. The van der Waals surface area contributed by atoms with Crippen molar-refractivity contribution < 1.29 is 0 Å². The third kappa shape index (κ3) is 3.26. The molecular formula is C15H19BrN4S. The summed E-state index contributed by atoms with van der Waals surface area (Å²) in [5.74, 6) is 2.31. The molecule has 1 N–H and O–H groups in total. The van der Waals surface area contributed by atoms with E-state index in [2.05, 4.69) is 36.6 Å². The minimum atomic E-state index is 0.561. The number of nitrogens with one attached hydrogen (secondary N) is 1. The zero-order chi connectivity index (χ0) is 14.8. The van der Waals surface area contributed by atoms with Crippen LogP contribution in [0.25, 0.3) is 0 Å². The molecule has 0 bridgehead atoms. The third-order valence-electron chi connectivity index (χ3n) is 3.88. The van der Waals surface area contributed by atoms with Gasteiger partial charge in [-0.2, -0.15) is 0 Å². The van der Waals surface area contributed by atoms with Gasteiger partial charge in [-0.05, 0) is 35.7 Å². The predicted octanol–water partition coefficient (Wildman–Crippen LogP) is 4.29. The molecule has 4 nitrogen and oxygen atoms in total. The molecule has 2 heterocycles. The lowest BCUT2D eigenvalue weighted by atomic mass is 10.0. The summed E-state index contributed by atoms with van der Waals surface area (Å²) in [5, 5.41) is 6.33. The fourth-order valence-corrected chi connectivity index (χ4v) is 4.31. The molecule has 6 heteroatoms. The van der Waals surface area contributed by atoms with E-state index in [4.69, 9.17) is 4.98 Å². The molecule has 2 aromatic rings. The highest BCUT2D eigenvalue weighted by atomic mass is 79.9. The Labute approximate surface area is 137 Å². The number of hydrogen-bond acceptors (Lipinski definition) is 5. The van der Waals surface area contributed by atoms with Crippen molar-refractivity contribution in [3.8, 4) is 0 Å². The molecule has 1 aliphatic carbocycles. The second-order valence-corrected chi connectivity index (χ2v) is 7.21. The van der Waals surface area contributed by atoms with Gasteiger partial charge in [0.05, 0.1) is 16.6 Å². The van der Waals surface area contributed by atoms with Gasteiger partial charge in [0.15, 0.2) is 0 Å². The van der Waals surface area contributed by atoms with E-state index >= 15 is 0 Å². The van der Waals surface area contributed by atoms with Crippen LogP contribution in [-0.2, 0) is 6.42 Å². The summed E-state index contributed by atoms with van der Waals surface area (Å²) < 4.78 is 1.02. The van der Waals surface area contributed by atoms with Gasteiger partial charge < -0.3 is 5.32 Å². The first-order valence-electron chi connectivity index (χ1n) is 7.32. The average molecular weight is 367 g/mol. The summed E-state index contributed by atoms with van der Waals surface area (Å²) in [6, 6.07) is 0. The Balaban J connectivity index is 1.94. The zero-order valence-corrected chi connectivity index (χ0v) is 14.7. The van der Waals surface area contributed by atoms with Crippen molar-refractivity contribution in [2.24, 2.45) is 0 Å². The van der Waals surface area contributed by atoms with E-state index in [1.165, 1.54) is 25.7 Å². The van der Waals surface area contributed by atoms with Crippen molar-refractivity contribution >= 4 is 33.1 Å². The van der Waals surface area contributed by atoms with Crippen molar-refractivity contribution in [2.75, 3.05) is 12.4 Å². The topological polar surface area (TPSA) is 50.7 Å². The minimum absolute atomic E-state index is 0.561. The van der Waals surface area contributed by atoms with Crippen LogP contribution in [-0.4, -0.2) is 22.0 Å². The van der Waals surface area contributed by atoms with Crippen LogP contribution in [0, 0.1) is 6.92 Å². The first kappa shape index (κ1) is 14.9. The molecule has 1 aliphatic rings. The Morgan fingerprint density at radius 1 is 1.29 bits per heavy atom. The van der Waals surface area contributed by atoms with Crippen LogP contribution in [0.4, 0.5) is 5.82 Å². The van der Waals surface area contributed by atoms with Crippen molar-refractivity contribution in [3.05, 3.63) is 32.1 Å². The van der Waals surface area contributed by atoms with Crippen molar-refractivity contribution in [1.82, 2.24) is 15.0 Å². The minimum Gasteiger partial charge on any atom is -0.372 e. The van der Waals surface area contributed by atoms with Crippen LogP contribution >= 0.6 is 27.3 Å². The summed E-state index contributed by atoms with van der Waals surface area (Å²) >= 11 is 5.35. The van der Waals surface area contributed by atoms with Gasteiger partial charge in [-0.1, -0.05) is 12.8 Å². The molecule has 0 atom stereocenters. The summed E-state index contributed by atoms with van der Waals surface area (Å²) in [5.41, 5.74) is 2.23. The lowest BCUT2D eigenvalue weighted by Gasteiger charge is -2.15. The number of halogens is 1. The number of nitrogens with zero attached hydrogens (tertiary/aromatic N) is 3. The molecule has 1 saturated carbocycles. The maximum Gasteiger partial charge on any atom is 0.144 e. The number of rotatable bonds is 4. The van der Waals surface area contributed by atoms with Gasteiger partial charge in [0.1, 0.15) is 16.6 Å². The van der Waals surface area contributed by atoms with Crippen LogP contribution in [0.5, 0.6) is 0 Å². The van der Waals surface area contributed by atoms with E-state index in [0.717, 1.165) is 32.5 Å². The van der Waals surface area contributed by atoms with E-state index in [1.54, 1.807) is 11.3 Å². The number of anilines is 1. The van der Waals surface area contributed by atoms with E-state index in [1.807, 2.05) is 14.0 Å². The van der Waals surface area contributed by atoms with Gasteiger partial charge in [-0.15, -0.1) is 11.3 Å². The third-order valence-corrected chi connectivity index (χ3v) is 5.63. The highest BCUT2D eigenvalue weighted by Crippen LogP contribution is 2.38. The zero-order valence-electron chi connectivity index (χ0n) is 12.3. The molecule has 0 amide bonds. The van der Waals surface area contributed by atoms with Gasteiger partial charge in [0.25, 0.3) is 0 Å². The van der Waals surface area contributed by atoms with Crippen molar-refractivity contribution in [3.63, 3.8) is 0 Å². The van der Waals surface area contributed by atoms with Gasteiger partial charge in [-0.25, -0.2) is 15.0 Å². The van der Waals surface area contributed by atoms with E-state index in [-0.39, 0.29) is 0 Å². The van der Waals surface area contributed by atoms with Gasteiger partial charge in [-0.3, -0.25) is 0 Å². The molecule has 1 fully saturated rings. The summed E-state index contributed by atoms with van der Waals surface area (Å²) in [6.07, 6.45) is 5.78. The second-order valence-electron chi connectivity index (χ2n) is 5.48. The van der Waals surface area contributed by atoms with E-state index < -0.39 is 0 Å². The Morgan fingerprint density at radius 3 is 2.67 bits per heavy atom. The number of aromatic nitrogens is 3. The molecule has 0 unspecified atom stereocenters. The van der Waals surface area contributed by atoms with Crippen molar-refractivity contribution in [2.45, 2.75) is 44.9 Å². The van der Waals surface area contributed by atoms with Crippen LogP contribution in [0.15, 0.2) is 9.85 Å². The molecule has 21 heavy (non-hydrogen) atoms. The molecule has 0 aliphatic heterocycles. The van der Waals surface area contributed by atoms with Crippen LogP contribution in [0.2, 0.25) is 0 Å². The van der Waals surface area contributed by atoms with Crippen LogP contribution in [0.1, 0.15) is 53.8 Å². The fraction of sp³-hybridized carbons (Fsp3) is 0.533. The molecule has 2 aromatic heterocycles. The molecule has 112 valence electrons. The molecule has 3 rings (SSSR count). The van der Waals surface area contributed by atoms with E-state index in [0.29, 0.717) is 12.3 Å². The average Bonchev–Trinajstić information content (AvgIpc) is 3.12. The number of aryl methyl sites for hydroxylation is 1. The predicted molar refractivity (Wildman–Crippen MR) is 90.1 cm³/mol. The Bertz CT molecular complexity index is 635. The summed E-state index contributed by atoms with van der Waals surface area (Å²) in [7, 11) is 1.91. The Morgan fingerprint density at radius 2 is 2.05 bits per heavy atom. The largest absolute Gasteiger partial charge is 0.372 e. The monoisotopic (exact) mass is 366 g/mol. The quantitative estimate of drug-likeness (QED) is 0.876. The van der Waals surface area contributed by atoms with Gasteiger partial charge in [0, 0.05) is 24.0 Å². The maximum atomic E-state index is 4.84. The molecule has 0 spiro atoms. The first-order chi connectivity index (χ1) is 10.2. The highest BCUT2D eigenvalue weighted by Gasteiger charge is 2.23. The Hall–Kier alpha value is -1.01. The number of thiazole rings is 1. The summed E-state index contributed by atoms with van der Waals surface area (Å²) in [6.45, 7) is 2.02. The Kier molecular flexibility index (Phi) is 4.54. The van der Waals surface area contributed by atoms with Gasteiger partial charge in [0.2, 0.25) is 0 Å². The van der Waals surface area contributed by atoms with E-state index in [9.17, 15) is 0 Å². The fourth-order valence-electron chi connectivity index (χ4n) is 2.85. The number of hydrogen-bond donors (Lipinski definition) is 1. The maximum absolute atomic E-state index is 4.84. The van der Waals surface area contributed by atoms with Crippen LogP contribution < -0.4 is 5.32 Å². The molecule has 0 radical (unpaired) electrons. The molecule has 0 aromatic carbocycles. The summed E-state index contributed by atoms with van der Waals surface area (Å²) in [4.78, 5) is 14.0. The molecular weight excluding hydrogens is 348 g/mol. The lowest BCUT2D eigenvalue weighted by molar-refractivity contribution is 0.681. The van der Waals surface area contributed by atoms with Crippen molar-refractivity contribution in [1.29, 1.82) is 0 Å². The SMILES string of the molecule is CNc1nc(Cc2nc(C)cs2)nc(C2CCCC2)c1Br. The first-order valence-corrected chi connectivity index (χ1v) is 8.99. The lowest BCUT2D eigenvalue weighted by Crippen LogP contribution is -2.08. The van der Waals surface area contributed by atoms with Crippen LogP contribution in [0.3, 0.4) is 0 Å². The smallest absolute Gasteiger partial charge is 0.144 e. The second kappa shape index (κ2) is 6.40. The van der Waals surface area contributed by atoms with Gasteiger partial charge >= 0.3 is 0 Å². The standard InChI is InChI=1S/C15H19BrN4S/c1-9-8-21-12(18-9)7-11-19-14(10-5-3-4-6-10)13(16)15(17-2)20-11/h8,10H,3-7H2,1-2H3,(H,17,19,20). The molecule has 0 saturated heterocycles. The normalized spacial score (nSPS) is 15.6.